The van der Waals surface area contributed by atoms with E-state index in [0.717, 1.165) is 19.3 Å². The van der Waals surface area contributed by atoms with Crippen molar-refractivity contribution in [3.05, 3.63) is 0 Å². The maximum Gasteiger partial charge on any atom is 0.268 e. The quantitative estimate of drug-likeness (QED) is 0.125. The normalized spacial score (nSPS) is 15.8. The minimum Gasteiger partial charge on any atom is -0.756 e. The molecule has 0 radical (unpaired) electrons. The number of carbonyl (C=O) groups is 1. The molecule has 198 valence electrons. The van der Waals surface area contributed by atoms with Crippen LogP contribution >= 0.6 is 7.82 Å². The second kappa shape index (κ2) is 18.9. The van der Waals surface area contributed by atoms with Crippen LogP contribution < -0.4 is 4.89 Å². The number of likely N-dealkylation sites (N-methyl/N-ethyl adjacent to an activating group) is 1. The Morgan fingerprint density at radius 1 is 0.909 bits per heavy atom. The van der Waals surface area contributed by atoms with Gasteiger partial charge in [0.05, 0.1) is 27.7 Å². The minimum atomic E-state index is -4.78. The van der Waals surface area contributed by atoms with E-state index in [0.29, 0.717) is 17.4 Å². The van der Waals surface area contributed by atoms with Crippen molar-refractivity contribution in [2.45, 2.75) is 109 Å². The molecule has 0 aliphatic heterocycles. The van der Waals surface area contributed by atoms with E-state index in [2.05, 4.69) is 6.92 Å². The summed E-state index contributed by atoms with van der Waals surface area (Å²) >= 11 is 0. The van der Waals surface area contributed by atoms with Crippen LogP contribution in [0.3, 0.4) is 0 Å². The highest BCUT2D eigenvalue weighted by Gasteiger charge is 2.31. The average Bonchev–Trinajstić information content (AvgIpc) is 2.73. The van der Waals surface area contributed by atoms with Crippen molar-refractivity contribution in [3.63, 3.8) is 0 Å². The second-order valence-electron chi connectivity index (χ2n) is 10.0. The number of phosphoric ester groups is 1. The van der Waals surface area contributed by atoms with Crippen LogP contribution in [0, 0.1) is 0 Å². The number of unbranched alkanes of at least 4 members (excludes halogenated alkanes) is 12. The lowest BCUT2D eigenvalue weighted by atomic mass is 10.0. The lowest BCUT2D eigenvalue weighted by Crippen LogP contribution is -2.40. The Hall–Kier alpha value is -0.340. The number of Topliss-reactive ketones (excluding diaryl/α,β-unsaturated/α-hetero) is 1. The number of ketones is 1. The lowest BCUT2D eigenvalue weighted by Gasteiger charge is -2.30. The third-order valence-corrected chi connectivity index (χ3v) is 6.62. The van der Waals surface area contributed by atoms with Crippen LogP contribution in [-0.4, -0.2) is 73.6 Å². The summed E-state index contributed by atoms with van der Waals surface area (Å²) in [6, 6.07) is 0. The Balaban J connectivity index is 4.09. The van der Waals surface area contributed by atoms with Gasteiger partial charge in [-0.1, -0.05) is 84.0 Å². The Labute approximate surface area is 201 Å². The van der Waals surface area contributed by atoms with Gasteiger partial charge in [0, 0.05) is 6.42 Å². The first-order chi connectivity index (χ1) is 15.5. The van der Waals surface area contributed by atoms with Crippen LogP contribution in [0.15, 0.2) is 0 Å². The Morgan fingerprint density at radius 2 is 1.36 bits per heavy atom. The zero-order valence-corrected chi connectivity index (χ0v) is 22.4. The molecule has 0 amide bonds. The zero-order chi connectivity index (χ0) is 25.2. The van der Waals surface area contributed by atoms with Gasteiger partial charge in [-0.15, -0.1) is 0 Å². The molecule has 0 rings (SSSR count). The number of nitrogens with zero attached hydrogens (tertiary/aromatic N) is 1. The van der Waals surface area contributed by atoms with Crippen LogP contribution in [-0.2, 0) is 18.4 Å². The molecule has 9 heteroatoms. The second-order valence-corrected chi connectivity index (χ2v) is 11.4. The Kier molecular flexibility index (Phi) is 18.7. The van der Waals surface area contributed by atoms with E-state index in [9.17, 15) is 24.5 Å². The maximum absolute atomic E-state index is 12.4. The third-order valence-electron chi connectivity index (χ3n) is 5.63. The Morgan fingerprint density at radius 3 is 1.79 bits per heavy atom. The first-order valence-corrected chi connectivity index (χ1v) is 14.2. The summed E-state index contributed by atoms with van der Waals surface area (Å²) in [6.07, 6.45) is 12.2. The van der Waals surface area contributed by atoms with Crippen LogP contribution in [0.5, 0.6) is 0 Å². The van der Waals surface area contributed by atoms with Crippen molar-refractivity contribution in [3.8, 4) is 0 Å². The van der Waals surface area contributed by atoms with Crippen molar-refractivity contribution in [2.24, 2.45) is 0 Å². The molecule has 0 spiro atoms. The van der Waals surface area contributed by atoms with Gasteiger partial charge in [-0.3, -0.25) is 9.36 Å². The van der Waals surface area contributed by atoms with Crippen LogP contribution in [0.25, 0.3) is 0 Å². The van der Waals surface area contributed by atoms with Crippen molar-refractivity contribution in [2.75, 3.05) is 40.9 Å². The highest BCUT2D eigenvalue weighted by molar-refractivity contribution is 7.45. The van der Waals surface area contributed by atoms with E-state index in [4.69, 9.17) is 9.05 Å². The predicted octanol–water partition coefficient (Wildman–Crippen LogP) is 3.97. The van der Waals surface area contributed by atoms with Gasteiger partial charge in [0.1, 0.15) is 19.3 Å². The molecule has 33 heavy (non-hydrogen) atoms. The summed E-state index contributed by atoms with van der Waals surface area (Å²) in [7, 11) is 0.880. The van der Waals surface area contributed by atoms with E-state index in [-0.39, 0.29) is 13.0 Å². The molecule has 8 nitrogen and oxygen atoms in total. The third kappa shape index (κ3) is 19.6. The van der Waals surface area contributed by atoms with Gasteiger partial charge >= 0.3 is 0 Å². The number of quaternary nitrogens is 1. The maximum atomic E-state index is 12.4. The molecule has 0 aromatic rings. The largest absolute Gasteiger partial charge is 0.756 e. The van der Waals surface area contributed by atoms with Gasteiger partial charge in [0.25, 0.3) is 7.82 Å². The molecule has 0 bridgehead atoms. The fraction of sp³-hybridized carbons (Fsp3) is 0.958. The molecule has 3 atom stereocenters. The van der Waals surface area contributed by atoms with Crippen LogP contribution in [0.1, 0.15) is 96.8 Å². The standard InChI is InChI=1S/C24H50NO7P/c1-5-6-7-8-9-10-11-12-13-14-15-16-17-18-22(27)24(23(28)21-26)32-33(29,30)31-20-19-25(2,3)4/h23-24,26,28H,5-21H2,1-4H3. The van der Waals surface area contributed by atoms with Crippen LogP contribution in [0.2, 0.25) is 0 Å². The monoisotopic (exact) mass is 495 g/mol. The van der Waals surface area contributed by atoms with Gasteiger partial charge in [0.2, 0.25) is 0 Å². The molecular formula is C24H50NO7P. The SMILES string of the molecule is CCCCCCCCCCCCCCCC(=O)C(OP(=O)([O-])OCC[N+](C)(C)C)C(O)CO. The van der Waals surface area contributed by atoms with E-state index in [1.54, 1.807) is 0 Å². The fourth-order valence-electron chi connectivity index (χ4n) is 3.49. The first-order valence-electron chi connectivity index (χ1n) is 12.8. The van der Waals surface area contributed by atoms with Gasteiger partial charge in [-0.2, -0.15) is 0 Å². The molecule has 0 aliphatic rings. The van der Waals surface area contributed by atoms with Crippen molar-refractivity contribution in [1.82, 2.24) is 0 Å². The van der Waals surface area contributed by atoms with E-state index in [1.165, 1.54) is 57.8 Å². The number of hydrogen-bond acceptors (Lipinski definition) is 7. The van der Waals surface area contributed by atoms with Crippen molar-refractivity contribution < 1.29 is 38.0 Å². The van der Waals surface area contributed by atoms with Gasteiger partial charge in [-0.25, -0.2) is 0 Å². The summed E-state index contributed by atoms with van der Waals surface area (Å²) in [4.78, 5) is 24.5. The lowest BCUT2D eigenvalue weighted by molar-refractivity contribution is -0.870. The van der Waals surface area contributed by atoms with Gasteiger partial charge in [-0.05, 0) is 6.42 Å². The van der Waals surface area contributed by atoms with E-state index in [1.807, 2.05) is 21.1 Å². The summed E-state index contributed by atoms with van der Waals surface area (Å²) < 4.78 is 22.2. The molecule has 0 heterocycles. The molecule has 3 unspecified atom stereocenters. The van der Waals surface area contributed by atoms with Crippen molar-refractivity contribution >= 4 is 13.6 Å². The fourth-order valence-corrected chi connectivity index (χ4v) is 4.40. The summed E-state index contributed by atoms with van der Waals surface area (Å²) in [5.74, 6) is -0.536. The molecule has 0 aromatic carbocycles. The topological polar surface area (TPSA) is 116 Å². The molecule has 0 saturated heterocycles. The molecule has 0 aliphatic carbocycles. The minimum absolute atomic E-state index is 0.0956. The average molecular weight is 496 g/mol. The summed E-state index contributed by atoms with van der Waals surface area (Å²) in [6.45, 7) is 1.79. The number of rotatable bonds is 23. The number of carbonyl (C=O) groups excluding carboxylic acids is 1. The first kappa shape index (κ1) is 32.7. The highest BCUT2D eigenvalue weighted by Crippen LogP contribution is 2.40. The number of aliphatic hydroxyl groups is 2. The van der Waals surface area contributed by atoms with E-state index >= 15 is 0 Å². The summed E-state index contributed by atoms with van der Waals surface area (Å²) in [5.41, 5.74) is 0. The molecule has 2 N–H and O–H groups in total. The molecule has 0 fully saturated rings. The number of phosphoric acid groups is 1. The molecule has 0 aromatic heterocycles. The summed E-state index contributed by atoms with van der Waals surface area (Å²) in [5, 5.41) is 19.1. The van der Waals surface area contributed by atoms with E-state index < -0.39 is 32.4 Å². The predicted molar refractivity (Wildman–Crippen MR) is 130 cm³/mol. The molecule has 0 saturated carbocycles. The van der Waals surface area contributed by atoms with Gasteiger partial charge in [0.15, 0.2) is 11.9 Å². The van der Waals surface area contributed by atoms with Gasteiger partial charge < -0.3 is 28.6 Å². The molecular weight excluding hydrogens is 445 g/mol. The zero-order valence-electron chi connectivity index (χ0n) is 21.5. The Bertz CT molecular complexity index is 539. The number of aliphatic hydroxyl groups excluding tert-OH is 2. The van der Waals surface area contributed by atoms with Crippen LogP contribution in [0.4, 0.5) is 0 Å². The van der Waals surface area contributed by atoms with Crippen molar-refractivity contribution in [1.29, 1.82) is 0 Å². The highest BCUT2D eigenvalue weighted by atomic mass is 31.2. The number of hydrogen-bond donors (Lipinski definition) is 2. The smallest absolute Gasteiger partial charge is 0.268 e.